The number of primary sulfonamides is 1. The number of carbonyl (C=O) groups excluding carboxylic acids is 2. The van der Waals surface area contributed by atoms with Gasteiger partial charge < -0.3 is 9.47 Å². The fourth-order valence-corrected chi connectivity index (χ4v) is 2.67. The number of carbonyl (C=O) groups is 2. The molecule has 2 aromatic carbocycles. The first kappa shape index (κ1) is 20.2. The number of sulfonamides is 1. The summed E-state index contributed by atoms with van der Waals surface area (Å²) in [6.45, 7) is 1.56. The highest BCUT2D eigenvalue weighted by Gasteiger charge is 2.18. The average Bonchev–Trinajstić information content (AvgIpc) is 2.63. The van der Waals surface area contributed by atoms with E-state index in [-0.39, 0.29) is 22.8 Å². The van der Waals surface area contributed by atoms with Gasteiger partial charge in [-0.1, -0.05) is 12.1 Å². The molecule has 144 valence electrons. The zero-order valence-electron chi connectivity index (χ0n) is 14.7. The molecule has 0 fully saturated rings. The molecule has 0 radical (unpaired) electrons. The topological polar surface area (TPSA) is 137 Å². The molecule has 0 heterocycles. The second-order valence-electron chi connectivity index (χ2n) is 5.51. The Morgan fingerprint density at radius 1 is 1.11 bits per heavy atom. The largest absolute Gasteiger partial charge is 0.496 e. The molecule has 0 bridgehead atoms. The van der Waals surface area contributed by atoms with Gasteiger partial charge in [-0.25, -0.2) is 13.6 Å². The van der Waals surface area contributed by atoms with Crippen molar-refractivity contribution in [2.45, 2.75) is 11.8 Å². The van der Waals surface area contributed by atoms with Gasteiger partial charge in [-0.3, -0.25) is 20.4 Å². The Labute approximate surface area is 156 Å². The molecule has 0 aliphatic carbocycles. The quantitative estimate of drug-likeness (QED) is 0.611. The summed E-state index contributed by atoms with van der Waals surface area (Å²) < 4.78 is 33.2. The van der Waals surface area contributed by atoms with Gasteiger partial charge >= 0.3 is 0 Å². The minimum Gasteiger partial charge on any atom is -0.496 e. The van der Waals surface area contributed by atoms with E-state index in [1.54, 1.807) is 18.2 Å². The van der Waals surface area contributed by atoms with E-state index in [2.05, 4.69) is 10.9 Å². The average molecular weight is 393 g/mol. The van der Waals surface area contributed by atoms with E-state index in [4.69, 9.17) is 14.6 Å². The third-order valence-electron chi connectivity index (χ3n) is 3.42. The number of aryl methyl sites for hydroxylation is 1. The Morgan fingerprint density at radius 2 is 1.85 bits per heavy atom. The normalized spacial score (nSPS) is 10.8. The van der Waals surface area contributed by atoms with Crippen molar-refractivity contribution in [3.05, 3.63) is 53.6 Å². The van der Waals surface area contributed by atoms with Crippen molar-refractivity contribution >= 4 is 21.8 Å². The zero-order valence-corrected chi connectivity index (χ0v) is 15.5. The Morgan fingerprint density at radius 3 is 2.48 bits per heavy atom. The number of hydrogen-bond acceptors (Lipinski definition) is 6. The van der Waals surface area contributed by atoms with Crippen LogP contribution in [0.5, 0.6) is 11.5 Å². The number of hydrogen-bond donors (Lipinski definition) is 3. The first-order valence-corrected chi connectivity index (χ1v) is 9.25. The van der Waals surface area contributed by atoms with Crippen LogP contribution in [0.25, 0.3) is 0 Å². The standard InChI is InChI=1S/C17H19N3O6S/c1-11-4-3-5-12(8-11)26-10-16(21)19-20-17(22)14-9-13(27(18,23)24)6-7-15(14)25-2/h3-9H,10H2,1-2H3,(H,19,21)(H,20,22)(H2,18,23,24). The van der Waals surface area contributed by atoms with Crippen molar-refractivity contribution < 1.29 is 27.5 Å². The molecular weight excluding hydrogens is 374 g/mol. The van der Waals surface area contributed by atoms with E-state index in [9.17, 15) is 18.0 Å². The summed E-state index contributed by atoms with van der Waals surface area (Å²) in [5.41, 5.74) is 5.21. The summed E-state index contributed by atoms with van der Waals surface area (Å²) in [4.78, 5) is 23.8. The molecule has 2 amide bonds. The lowest BCUT2D eigenvalue weighted by Gasteiger charge is -2.12. The van der Waals surface area contributed by atoms with Gasteiger partial charge in [0.2, 0.25) is 10.0 Å². The Hall–Kier alpha value is -3.11. The first-order chi connectivity index (χ1) is 12.7. The number of methoxy groups -OCH3 is 1. The van der Waals surface area contributed by atoms with Crippen LogP contribution >= 0.6 is 0 Å². The molecule has 0 spiro atoms. The minimum atomic E-state index is -4.00. The maximum absolute atomic E-state index is 12.2. The molecule has 2 rings (SSSR count). The number of ether oxygens (including phenoxy) is 2. The van der Waals surface area contributed by atoms with Crippen molar-refractivity contribution in [1.82, 2.24) is 10.9 Å². The summed E-state index contributed by atoms with van der Waals surface area (Å²) in [7, 11) is -2.68. The molecule has 0 aliphatic heterocycles. The number of benzene rings is 2. The van der Waals surface area contributed by atoms with Gasteiger partial charge in [-0.05, 0) is 42.8 Å². The lowest BCUT2D eigenvalue weighted by Crippen LogP contribution is -2.44. The molecule has 0 atom stereocenters. The summed E-state index contributed by atoms with van der Waals surface area (Å²) in [6.07, 6.45) is 0. The number of nitrogens with two attached hydrogens (primary N) is 1. The van der Waals surface area contributed by atoms with E-state index in [0.717, 1.165) is 11.6 Å². The minimum absolute atomic E-state index is 0.107. The lowest BCUT2D eigenvalue weighted by molar-refractivity contribution is -0.123. The monoisotopic (exact) mass is 393 g/mol. The molecule has 0 saturated heterocycles. The van der Waals surface area contributed by atoms with Crippen LogP contribution in [0.1, 0.15) is 15.9 Å². The van der Waals surface area contributed by atoms with Crippen LogP contribution < -0.4 is 25.5 Å². The second kappa shape index (κ2) is 8.52. The van der Waals surface area contributed by atoms with Gasteiger partial charge in [-0.2, -0.15) is 0 Å². The van der Waals surface area contributed by atoms with Crippen LogP contribution in [0.3, 0.4) is 0 Å². The van der Waals surface area contributed by atoms with Gasteiger partial charge in [0.05, 0.1) is 17.6 Å². The molecular formula is C17H19N3O6S. The molecule has 4 N–H and O–H groups in total. The Balaban J connectivity index is 1.99. The maximum Gasteiger partial charge on any atom is 0.276 e. The fraction of sp³-hybridized carbons (Fsp3) is 0.176. The van der Waals surface area contributed by atoms with E-state index < -0.39 is 21.8 Å². The summed E-state index contributed by atoms with van der Waals surface area (Å²) >= 11 is 0. The second-order valence-corrected chi connectivity index (χ2v) is 7.08. The van der Waals surface area contributed by atoms with Gasteiger partial charge in [-0.15, -0.1) is 0 Å². The molecule has 0 aliphatic rings. The maximum atomic E-state index is 12.2. The van der Waals surface area contributed by atoms with Crippen molar-refractivity contribution in [2.24, 2.45) is 5.14 Å². The number of amides is 2. The molecule has 0 saturated carbocycles. The highest BCUT2D eigenvalue weighted by atomic mass is 32.2. The van der Waals surface area contributed by atoms with Crippen molar-refractivity contribution in [3.8, 4) is 11.5 Å². The highest BCUT2D eigenvalue weighted by Crippen LogP contribution is 2.21. The van der Waals surface area contributed by atoms with Gasteiger partial charge in [0.1, 0.15) is 11.5 Å². The summed E-state index contributed by atoms with van der Waals surface area (Å²) in [6, 6.07) is 10.7. The van der Waals surface area contributed by atoms with Crippen LogP contribution in [0, 0.1) is 6.92 Å². The molecule has 27 heavy (non-hydrogen) atoms. The SMILES string of the molecule is COc1ccc(S(N)(=O)=O)cc1C(=O)NNC(=O)COc1cccc(C)c1. The first-order valence-electron chi connectivity index (χ1n) is 7.70. The lowest BCUT2D eigenvalue weighted by atomic mass is 10.2. The molecule has 9 nitrogen and oxygen atoms in total. The van der Waals surface area contributed by atoms with Crippen LogP contribution in [0.2, 0.25) is 0 Å². The Bertz CT molecular complexity index is 959. The zero-order chi connectivity index (χ0) is 20.0. The van der Waals surface area contributed by atoms with Crippen molar-refractivity contribution in [1.29, 1.82) is 0 Å². The van der Waals surface area contributed by atoms with Gasteiger partial charge in [0.15, 0.2) is 6.61 Å². The smallest absolute Gasteiger partial charge is 0.276 e. The fourth-order valence-electron chi connectivity index (χ4n) is 2.13. The van der Waals surface area contributed by atoms with Crippen molar-refractivity contribution in [2.75, 3.05) is 13.7 Å². The number of rotatable bonds is 6. The van der Waals surface area contributed by atoms with Gasteiger partial charge in [0.25, 0.3) is 11.8 Å². The molecule has 2 aromatic rings. The number of nitrogens with one attached hydrogen (secondary N) is 2. The van der Waals surface area contributed by atoms with Crippen LogP contribution in [-0.2, 0) is 14.8 Å². The summed E-state index contributed by atoms with van der Waals surface area (Å²) in [5, 5.41) is 5.06. The molecule has 10 heteroatoms. The van der Waals surface area contributed by atoms with E-state index in [1.165, 1.54) is 19.2 Å². The molecule has 0 aromatic heterocycles. The van der Waals surface area contributed by atoms with Crippen LogP contribution in [0.4, 0.5) is 0 Å². The number of hydrazine groups is 1. The van der Waals surface area contributed by atoms with E-state index >= 15 is 0 Å². The van der Waals surface area contributed by atoms with Gasteiger partial charge in [0, 0.05) is 0 Å². The molecule has 0 unspecified atom stereocenters. The summed E-state index contributed by atoms with van der Waals surface area (Å²) in [5.74, 6) is -0.753. The third kappa shape index (κ3) is 5.69. The van der Waals surface area contributed by atoms with Crippen LogP contribution in [0.15, 0.2) is 47.4 Å². The Kier molecular flexibility index (Phi) is 6.37. The van der Waals surface area contributed by atoms with E-state index in [0.29, 0.717) is 5.75 Å². The van der Waals surface area contributed by atoms with Crippen molar-refractivity contribution in [3.63, 3.8) is 0 Å². The third-order valence-corrected chi connectivity index (χ3v) is 4.33. The highest BCUT2D eigenvalue weighted by molar-refractivity contribution is 7.89. The van der Waals surface area contributed by atoms with E-state index in [1.807, 2.05) is 13.0 Å². The predicted octanol–water partition coefficient (Wildman–Crippen LogP) is 0.491. The predicted molar refractivity (Wildman–Crippen MR) is 96.7 cm³/mol. The van der Waals surface area contributed by atoms with Crippen LogP contribution in [-0.4, -0.2) is 33.9 Å².